The molecule has 1 atom stereocenters. The lowest BCUT2D eigenvalue weighted by Gasteiger charge is -2.33. The molecule has 6 nitrogen and oxygen atoms in total. The van der Waals surface area contributed by atoms with Crippen LogP contribution in [0.15, 0.2) is 36.7 Å². The molecule has 2 amide bonds. The van der Waals surface area contributed by atoms with Gasteiger partial charge < -0.3 is 15.5 Å². The predicted octanol–water partition coefficient (Wildman–Crippen LogP) is 2.88. The van der Waals surface area contributed by atoms with Crippen LogP contribution in [0.3, 0.4) is 0 Å². The summed E-state index contributed by atoms with van der Waals surface area (Å²) >= 11 is 0. The third kappa shape index (κ3) is 3.82. The van der Waals surface area contributed by atoms with E-state index in [1.165, 1.54) is 0 Å². The maximum Gasteiger partial charge on any atom is 0.319 e. The molecule has 0 radical (unpaired) electrons. The van der Waals surface area contributed by atoms with Crippen molar-refractivity contribution in [1.82, 2.24) is 15.3 Å². The first-order valence-electron chi connectivity index (χ1n) is 8.29. The highest BCUT2D eigenvalue weighted by Gasteiger charge is 2.23. The van der Waals surface area contributed by atoms with Crippen LogP contribution in [0.25, 0.3) is 0 Å². The molecule has 2 aromatic rings. The number of urea groups is 1. The van der Waals surface area contributed by atoms with Gasteiger partial charge in [0.15, 0.2) is 0 Å². The zero-order valence-electron chi connectivity index (χ0n) is 14.1. The van der Waals surface area contributed by atoms with E-state index in [4.69, 9.17) is 0 Å². The SMILES string of the molecule is Cc1cccc(C)c1NC(=O)N[C@@H]1CCCN(c2ncccn2)C1. The van der Waals surface area contributed by atoms with Gasteiger partial charge in [0.2, 0.25) is 5.95 Å². The molecule has 1 saturated heterocycles. The number of nitrogens with zero attached hydrogens (tertiary/aromatic N) is 3. The van der Waals surface area contributed by atoms with Crippen molar-refractivity contribution in [2.75, 3.05) is 23.3 Å². The monoisotopic (exact) mass is 325 g/mol. The Bertz CT molecular complexity index is 684. The minimum absolute atomic E-state index is 0.0897. The van der Waals surface area contributed by atoms with E-state index in [0.717, 1.165) is 48.7 Å². The molecule has 1 fully saturated rings. The fourth-order valence-corrected chi connectivity index (χ4v) is 3.08. The Morgan fingerprint density at radius 2 is 1.88 bits per heavy atom. The Kier molecular flexibility index (Phi) is 4.93. The largest absolute Gasteiger partial charge is 0.339 e. The Morgan fingerprint density at radius 1 is 1.17 bits per heavy atom. The molecule has 1 aromatic heterocycles. The highest BCUT2D eigenvalue weighted by molar-refractivity contribution is 5.91. The molecule has 1 aromatic carbocycles. The number of carbonyl (C=O) groups excluding carboxylic acids is 1. The van der Waals surface area contributed by atoms with E-state index in [9.17, 15) is 4.79 Å². The molecule has 6 heteroatoms. The molecule has 126 valence electrons. The summed E-state index contributed by atoms with van der Waals surface area (Å²) in [5.41, 5.74) is 3.01. The number of hydrogen-bond donors (Lipinski definition) is 2. The van der Waals surface area contributed by atoms with Gasteiger partial charge in [0, 0.05) is 37.2 Å². The highest BCUT2D eigenvalue weighted by atomic mass is 16.2. The minimum Gasteiger partial charge on any atom is -0.339 e. The number of aromatic nitrogens is 2. The Hall–Kier alpha value is -2.63. The maximum atomic E-state index is 12.4. The molecular formula is C18H23N5O. The first-order valence-corrected chi connectivity index (χ1v) is 8.29. The minimum atomic E-state index is -0.159. The quantitative estimate of drug-likeness (QED) is 0.910. The number of rotatable bonds is 3. The Balaban J connectivity index is 1.60. The van der Waals surface area contributed by atoms with Crippen molar-refractivity contribution in [2.24, 2.45) is 0 Å². The lowest BCUT2D eigenvalue weighted by atomic mass is 10.1. The van der Waals surface area contributed by atoms with Gasteiger partial charge in [-0.1, -0.05) is 18.2 Å². The van der Waals surface area contributed by atoms with Crippen LogP contribution in [0.1, 0.15) is 24.0 Å². The third-order valence-corrected chi connectivity index (χ3v) is 4.31. The molecule has 24 heavy (non-hydrogen) atoms. The summed E-state index contributed by atoms with van der Waals surface area (Å²) in [4.78, 5) is 23.1. The van der Waals surface area contributed by atoms with E-state index < -0.39 is 0 Å². The molecule has 0 bridgehead atoms. The Morgan fingerprint density at radius 3 is 2.58 bits per heavy atom. The van der Waals surface area contributed by atoms with Crippen molar-refractivity contribution in [2.45, 2.75) is 32.7 Å². The smallest absolute Gasteiger partial charge is 0.319 e. The molecule has 0 spiro atoms. The zero-order chi connectivity index (χ0) is 16.9. The number of para-hydroxylation sites is 1. The van der Waals surface area contributed by atoms with Crippen LogP contribution in [0, 0.1) is 13.8 Å². The number of hydrogen-bond acceptors (Lipinski definition) is 4. The highest BCUT2D eigenvalue weighted by Crippen LogP contribution is 2.20. The average molecular weight is 325 g/mol. The summed E-state index contributed by atoms with van der Waals surface area (Å²) in [5, 5.41) is 6.05. The van der Waals surface area contributed by atoms with Crippen molar-refractivity contribution < 1.29 is 4.79 Å². The molecule has 1 aliphatic heterocycles. The zero-order valence-corrected chi connectivity index (χ0v) is 14.1. The van der Waals surface area contributed by atoms with E-state index in [1.54, 1.807) is 18.5 Å². The standard InChI is InChI=1S/C18H23N5O/c1-13-6-3-7-14(2)16(13)22-18(24)21-15-8-4-11-23(12-15)17-19-9-5-10-20-17/h3,5-7,9-10,15H,4,8,11-12H2,1-2H3,(H2,21,22,24)/t15-/m1/s1. The van der Waals surface area contributed by atoms with Crippen LogP contribution >= 0.6 is 0 Å². The molecule has 2 heterocycles. The van der Waals surface area contributed by atoms with Crippen LogP contribution in [-0.2, 0) is 0 Å². The van der Waals surface area contributed by atoms with Gasteiger partial charge in [-0.2, -0.15) is 0 Å². The summed E-state index contributed by atoms with van der Waals surface area (Å²) < 4.78 is 0. The lowest BCUT2D eigenvalue weighted by Crippen LogP contribution is -2.49. The van der Waals surface area contributed by atoms with E-state index in [0.29, 0.717) is 0 Å². The van der Waals surface area contributed by atoms with E-state index in [1.807, 2.05) is 32.0 Å². The van der Waals surface area contributed by atoms with Crippen LogP contribution < -0.4 is 15.5 Å². The number of carbonyl (C=O) groups is 1. The van der Waals surface area contributed by atoms with Gasteiger partial charge >= 0.3 is 6.03 Å². The molecule has 1 aliphatic rings. The molecule has 0 saturated carbocycles. The first-order chi connectivity index (χ1) is 11.6. The summed E-state index contributed by atoms with van der Waals surface area (Å²) in [6.07, 6.45) is 5.45. The summed E-state index contributed by atoms with van der Waals surface area (Å²) in [6, 6.07) is 7.73. The molecule has 3 rings (SSSR count). The number of anilines is 2. The molecule has 0 aliphatic carbocycles. The van der Waals surface area contributed by atoms with Crippen molar-refractivity contribution in [3.63, 3.8) is 0 Å². The summed E-state index contributed by atoms with van der Waals surface area (Å²) in [7, 11) is 0. The van der Waals surface area contributed by atoms with E-state index >= 15 is 0 Å². The first kappa shape index (κ1) is 16.2. The van der Waals surface area contributed by atoms with Crippen molar-refractivity contribution in [3.05, 3.63) is 47.8 Å². The Labute approximate surface area is 142 Å². The van der Waals surface area contributed by atoms with Gasteiger partial charge in [0.25, 0.3) is 0 Å². The van der Waals surface area contributed by atoms with Crippen LogP contribution in [0.2, 0.25) is 0 Å². The number of aryl methyl sites for hydroxylation is 2. The maximum absolute atomic E-state index is 12.4. The predicted molar refractivity (Wildman–Crippen MR) is 95.3 cm³/mol. The number of amides is 2. The van der Waals surface area contributed by atoms with E-state index in [-0.39, 0.29) is 12.1 Å². The van der Waals surface area contributed by atoms with Crippen molar-refractivity contribution >= 4 is 17.7 Å². The third-order valence-electron chi connectivity index (χ3n) is 4.31. The van der Waals surface area contributed by atoms with Crippen molar-refractivity contribution in [3.8, 4) is 0 Å². The van der Waals surface area contributed by atoms with E-state index in [2.05, 4.69) is 25.5 Å². The number of benzene rings is 1. The van der Waals surface area contributed by atoms with Gasteiger partial charge in [-0.25, -0.2) is 14.8 Å². The average Bonchev–Trinajstić information content (AvgIpc) is 2.59. The van der Waals surface area contributed by atoms with Crippen LogP contribution in [0.5, 0.6) is 0 Å². The fourth-order valence-electron chi connectivity index (χ4n) is 3.08. The van der Waals surface area contributed by atoms with Gasteiger partial charge in [-0.15, -0.1) is 0 Å². The number of nitrogens with one attached hydrogen (secondary N) is 2. The van der Waals surface area contributed by atoms with Crippen molar-refractivity contribution in [1.29, 1.82) is 0 Å². The van der Waals surface area contributed by atoms with Crippen LogP contribution in [-0.4, -0.2) is 35.1 Å². The number of piperidine rings is 1. The van der Waals surface area contributed by atoms with Crippen LogP contribution in [0.4, 0.5) is 16.4 Å². The molecule has 2 N–H and O–H groups in total. The summed E-state index contributed by atoms with van der Waals surface area (Å²) in [5.74, 6) is 0.721. The second-order valence-electron chi connectivity index (χ2n) is 6.20. The van der Waals surface area contributed by atoms with Gasteiger partial charge in [-0.05, 0) is 43.9 Å². The fraction of sp³-hybridized carbons (Fsp3) is 0.389. The van der Waals surface area contributed by atoms with Gasteiger partial charge in [0.1, 0.15) is 0 Å². The topological polar surface area (TPSA) is 70.2 Å². The molecular weight excluding hydrogens is 302 g/mol. The second kappa shape index (κ2) is 7.29. The normalized spacial score (nSPS) is 17.4. The van der Waals surface area contributed by atoms with Gasteiger partial charge in [-0.3, -0.25) is 0 Å². The summed E-state index contributed by atoms with van der Waals surface area (Å²) in [6.45, 7) is 5.64. The second-order valence-corrected chi connectivity index (χ2v) is 6.20. The van der Waals surface area contributed by atoms with Gasteiger partial charge in [0.05, 0.1) is 0 Å². The lowest BCUT2D eigenvalue weighted by molar-refractivity contribution is 0.246. The molecule has 0 unspecified atom stereocenters.